The van der Waals surface area contributed by atoms with Crippen molar-refractivity contribution in [3.8, 4) is 28.6 Å². The molecule has 0 saturated carbocycles. The van der Waals surface area contributed by atoms with Crippen molar-refractivity contribution >= 4 is 11.6 Å². The van der Waals surface area contributed by atoms with Crippen LogP contribution >= 0.6 is 0 Å². The molecule has 0 atom stereocenters. The molecule has 2 heterocycles. The fourth-order valence-corrected chi connectivity index (χ4v) is 3.08. The monoisotopic (exact) mass is 416 g/mol. The first-order chi connectivity index (χ1) is 15.0. The highest BCUT2D eigenvalue weighted by atomic mass is 16.5. The maximum absolute atomic E-state index is 12.4. The summed E-state index contributed by atoms with van der Waals surface area (Å²) in [4.78, 5) is 29.1. The summed E-state index contributed by atoms with van der Waals surface area (Å²) in [5.74, 6) is 0.988. The first kappa shape index (κ1) is 20.1. The van der Waals surface area contributed by atoms with Crippen LogP contribution in [0.5, 0.6) is 5.75 Å². The van der Waals surface area contributed by atoms with Crippen LogP contribution in [0.3, 0.4) is 0 Å². The maximum Gasteiger partial charge on any atom is 0.259 e. The van der Waals surface area contributed by atoms with E-state index in [9.17, 15) is 9.59 Å². The number of hydrogen-bond donors (Lipinski definition) is 1. The lowest BCUT2D eigenvalue weighted by Gasteiger charge is -2.09. The van der Waals surface area contributed by atoms with Crippen molar-refractivity contribution in [2.45, 2.75) is 13.5 Å². The number of pyridine rings is 1. The van der Waals surface area contributed by atoms with Crippen LogP contribution < -0.4 is 15.6 Å². The van der Waals surface area contributed by atoms with E-state index in [1.165, 1.54) is 16.8 Å². The Hall–Kier alpha value is -4.20. The molecule has 0 fully saturated rings. The van der Waals surface area contributed by atoms with Crippen molar-refractivity contribution in [2.24, 2.45) is 0 Å². The number of amides is 1. The fourth-order valence-electron chi connectivity index (χ4n) is 3.08. The van der Waals surface area contributed by atoms with Crippen molar-refractivity contribution in [3.05, 3.63) is 82.8 Å². The Labute approximate surface area is 178 Å². The number of anilines is 1. The summed E-state index contributed by atoms with van der Waals surface area (Å²) in [7, 11) is 1.55. The molecule has 1 N–H and O–H groups in total. The molecular formula is C23H20N4O4. The van der Waals surface area contributed by atoms with Gasteiger partial charge in [0.1, 0.15) is 12.3 Å². The van der Waals surface area contributed by atoms with Crippen LogP contribution in [-0.2, 0) is 11.3 Å². The second-order valence-corrected chi connectivity index (χ2v) is 6.96. The molecule has 4 aromatic rings. The fraction of sp³-hybridized carbons (Fsp3) is 0.130. The lowest BCUT2D eigenvalue weighted by molar-refractivity contribution is -0.116. The van der Waals surface area contributed by atoms with Gasteiger partial charge in [-0.1, -0.05) is 35.0 Å². The van der Waals surface area contributed by atoms with Gasteiger partial charge in [0.15, 0.2) is 0 Å². The van der Waals surface area contributed by atoms with Gasteiger partial charge in [0.05, 0.1) is 12.7 Å². The highest BCUT2D eigenvalue weighted by Crippen LogP contribution is 2.22. The Balaban J connectivity index is 1.53. The molecule has 0 aliphatic rings. The normalized spacial score (nSPS) is 10.6. The zero-order valence-corrected chi connectivity index (χ0v) is 17.0. The Bertz CT molecular complexity index is 1290. The van der Waals surface area contributed by atoms with Gasteiger partial charge in [0.25, 0.3) is 11.4 Å². The minimum absolute atomic E-state index is 0.164. The molecule has 1 amide bonds. The van der Waals surface area contributed by atoms with Gasteiger partial charge in [-0.2, -0.15) is 4.98 Å². The molecule has 4 rings (SSSR count). The first-order valence-electron chi connectivity index (χ1n) is 9.57. The molecule has 31 heavy (non-hydrogen) atoms. The molecule has 0 unspecified atom stereocenters. The van der Waals surface area contributed by atoms with Crippen LogP contribution in [0.25, 0.3) is 22.8 Å². The molecule has 0 radical (unpaired) electrons. The molecular weight excluding hydrogens is 396 g/mol. The van der Waals surface area contributed by atoms with Gasteiger partial charge < -0.3 is 19.1 Å². The van der Waals surface area contributed by atoms with E-state index in [0.29, 0.717) is 22.8 Å². The number of carbonyl (C=O) groups is 1. The van der Waals surface area contributed by atoms with Gasteiger partial charge in [0.2, 0.25) is 11.7 Å². The molecule has 0 saturated heterocycles. The third-order valence-corrected chi connectivity index (χ3v) is 4.60. The third kappa shape index (κ3) is 4.69. The molecule has 0 spiro atoms. The summed E-state index contributed by atoms with van der Waals surface area (Å²) < 4.78 is 11.8. The SMILES string of the molecule is COc1cccc(NC(=O)Cn2cc(-c3nc(-c4cccc(C)c4)no3)ccc2=O)c1. The number of benzene rings is 2. The lowest BCUT2D eigenvalue weighted by atomic mass is 10.1. The number of carbonyl (C=O) groups excluding carboxylic acids is 1. The van der Waals surface area contributed by atoms with E-state index in [1.54, 1.807) is 37.4 Å². The summed E-state index contributed by atoms with van der Waals surface area (Å²) in [5, 5.41) is 6.78. The minimum Gasteiger partial charge on any atom is -0.497 e. The quantitative estimate of drug-likeness (QED) is 0.516. The summed E-state index contributed by atoms with van der Waals surface area (Å²) in [5.41, 5.74) is 2.72. The predicted octanol–water partition coefficient (Wildman–Crippen LogP) is 3.52. The Morgan fingerprint density at radius 1 is 1.10 bits per heavy atom. The van der Waals surface area contributed by atoms with Crippen molar-refractivity contribution in [2.75, 3.05) is 12.4 Å². The molecule has 156 valence electrons. The van der Waals surface area contributed by atoms with Crippen LogP contribution in [0.2, 0.25) is 0 Å². The van der Waals surface area contributed by atoms with Gasteiger partial charge >= 0.3 is 0 Å². The Morgan fingerprint density at radius 2 is 1.94 bits per heavy atom. The molecule has 2 aromatic carbocycles. The number of aromatic nitrogens is 3. The molecule has 8 nitrogen and oxygen atoms in total. The van der Waals surface area contributed by atoms with Gasteiger partial charge in [-0.3, -0.25) is 9.59 Å². The van der Waals surface area contributed by atoms with Crippen LogP contribution in [-0.4, -0.2) is 27.7 Å². The summed E-state index contributed by atoms with van der Waals surface area (Å²) in [6.45, 7) is 1.82. The molecule has 0 aliphatic carbocycles. The van der Waals surface area contributed by atoms with Crippen LogP contribution in [0.4, 0.5) is 5.69 Å². The zero-order chi connectivity index (χ0) is 21.8. The summed E-state index contributed by atoms with van der Waals surface area (Å²) in [6, 6.07) is 17.7. The van der Waals surface area contributed by atoms with Crippen molar-refractivity contribution in [1.82, 2.24) is 14.7 Å². The van der Waals surface area contributed by atoms with Gasteiger partial charge in [0, 0.05) is 29.6 Å². The van der Waals surface area contributed by atoms with Crippen molar-refractivity contribution in [3.63, 3.8) is 0 Å². The Kier molecular flexibility index (Phi) is 5.61. The van der Waals surface area contributed by atoms with E-state index in [-0.39, 0.29) is 23.9 Å². The average molecular weight is 416 g/mol. The molecule has 8 heteroatoms. The third-order valence-electron chi connectivity index (χ3n) is 4.60. The molecule has 0 aliphatic heterocycles. The molecule has 2 aromatic heterocycles. The first-order valence-corrected chi connectivity index (χ1v) is 9.57. The largest absolute Gasteiger partial charge is 0.497 e. The number of methoxy groups -OCH3 is 1. The number of nitrogens with zero attached hydrogens (tertiary/aromatic N) is 3. The standard InChI is InChI=1S/C23H20N4O4/c1-15-5-3-6-16(11-15)22-25-23(31-26-22)17-9-10-21(29)27(13-17)14-20(28)24-18-7-4-8-19(12-18)30-2/h3-13H,14H2,1-2H3,(H,24,28). The highest BCUT2D eigenvalue weighted by Gasteiger charge is 2.13. The van der Waals surface area contributed by atoms with Crippen molar-refractivity contribution in [1.29, 1.82) is 0 Å². The summed E-state index contributed by atoms with van der Waals surface area (Å²) in [6.07, 6.45) is 1.53. The van der Waals surface area contributed by atoms with Crippen molar-refractivity contribution < 1.29 is 14.1 Å². The maximum atomic E-state index is 12.4. The number of aryl methyl sites for hydroxylation is 1. The van der Waals surface area contributed by atoms with E-state index in [2.05, 4.69) is 15.5 Å². The zero-order valence-electron chi connectivity index (χ0n) is 17.0. The van der Waals surface area contributed by atoms with E-state index < -0.39 is 0 Å². The molecule has 0 bridgehead atoms. The smallest absolute Gasteiger partial charge is 0.259 e. The summed E-state index contributed by atoms with van der Waals surface area (Å²) >= 11 is 0. The van der Waals surface area contributed by atoms with Crippen LogP contribution in [0.15, 0.2) is 76.2 Å². The van der Waals surface area contributed by atoms with Crippen LogP contribution in [0.1, 0.15) is 5.56 Å². The van der Waals surface area contributed by atoms with Gasteiger partial charge in [-0.25, -0.2) is 0 Å². The van der Waals surface area contributed by atoms with Gasteiger partial charge in [-0.15, -0.1) is 0 Å². The lowest BCUT2D eigenvalue weighted by Crippen LogP contribution is -2.26. The van der Waals surface area contributed by atoms with Gasteiger partial charge in [-0.05, 0) is 31.2 Å². The Morgan fingerprint density at radius 3 is 2.74 bits per heavy atom. The average Bonchev–Trinajstić information content (AvgIpc) is 3.26. The number of hydrogen-bond acceptors (Lipinski definition) is 6. The predicted molar refractivity (Wildman–Crippen MR) is 116 cm³/mol. The minimum atomic E-state index is -0.349. The number of nitrogens with one attached hydrogen (secondary N) is 1. The van der Waals surface area contributed by atoms with Crippen LogP contribution in [0, 0.1) is 6.92 Å². The number of ether oxygens (including phenoxy) is 1. The second-order valence-electron chi connectivity index (χ2n) is 6.96. The number of rotatable bonds is 6. The topological polar surface area (TPSA) is 99.2 Å². The van der Waals surface area contributed by atoms with E-state index in [1.807, 2.05) is 31.2 Å². The van der Waals surface area contributed by atoms with E-state index in [4.69, 9.17) is 9.26 Å². The van der Waals surface area contributed by atoms with E-state index in [0.717, 1.165) is 11.1 Å². The van der Waals surface area contributed by atoms with E-state index >= 15 is 0 Å². The highest BCUT2D eigenvalue weighted by molar-refractivity contribution is 5.90. The second kappa shape index (κ2) is 8.66.